The van der Waals surface area contributed by atoms with E-state index in [2.05, 4.69) is 36.4 Å². The normalized spacial score (nSPS) is 16.0. The standard InChI is InChI=1S/C22H26N4O2S/c1-4-14-7-6-8-15(5-2)20(14)23-18(27)12-26-22(28)19-16-10-9-13(3)11-17(16)29-21(19)24-25-26/h6-8,13H,4-5,9-12H2,1-3H3,(H,23,27)/t13-/m0/s1. The first-order valence-corrected chi connectivity index (χ1v) is 11.1. The van der Waals surface area contributed by atoms with Gasteiger partial charge in [0.2, 0.25) is 5.91 Å². The molecule has 0 radical (unpaired) electrons. The Morgan fingerprint density at radius 2 is 2.00 bits per heavy atom. The number of nitrogens with zero attached hydrogens (tertiary/aromatic N) is 3. The predicted octanol–water partition coefficient (Wildman–Crippen LogP) is 3.74. The fourth-order valence-corrected chi connectivity index (χ4v) is 5.43. The Kier molecular flexibility index (Phi) is 5.50. The molecule has 1 aromatic carbocycles. The van der Waals surface area contributed by atoms with Crippen LogP contribution >= 0.6 is 11.3 Å². The molecule has 7 heteroatoms. The third-order valence-corrected chi connectivity index (χ3v) is 6.88. The number of hydrogen-bond donors (Lipinski definition) is 1. The number of thiophene rings is 1. The molecular weight excluding hydrogens is 384 g/mol. The van der Waals surface area contributed by atoms with E-state index in [4.69, 9.17) is 0 Å². The van der Waals surface area contributed by atoms with E-state index < -0.39 is 0 Å². The number of aryl methyl sites for hydroxylation is 3. The highest BCUT2D eigenvalue weighted by atomic mass is 32.1. The second-order valence-electron chi connectivity index (χ2n) is 7.79. The average Bonchev–Trinajstić information content (AvgIpc) is 3.08. The number of nitrogens with one attached hydrogen (secondary N) is 1. The van der Waals surface area contributed by atoms with Crippen molar-refractivity contribution in [3.63, 3.8) is 0 Å². The Bertz CT molecular complexity index is 1110. The molecule has 2 heterocycles. The zero-order valence-corrected chi connectivity index (χ0v) is 17.9. The van der Waals surface area contributed by atoms with Gasteiger partial charge in [-0.25, -0.2) is 4.68 Å². The number of amides is 1. The number of carbonyl (C=O) groups excluding carboxylic acids is 1. The fraction of sp³-hybridized carbons (Fsp3) is 0.455. The molecule has 1 aliphatic rings. The molecule has 0 saturated carbocycles. The van der Waals surface area contributed by atoms with Crippen molar-refractivity contribution in [1.29, 1.82) is 0 Å². The number of benzene rings is 1. The number of fused-ring (bicyclic) bond motifs is 3. The van der Waals surface area contributed by atoms with Crippen molar-refractivity contribution in [2.45, 2.75) is 59.4 Å². The van der Waals surface area contributed by atoms with Gasteiger partial charge in [-0.2, -0.15) is 0 Å². The van der Waals surface area contributed by atoms with Gasteiger partial charge in [-0.1, -0.05) is 44.2 Å². The Labute approximate surface area is 173 Å². The van der Waals surface area contributed by atoms with Gasteiger partial charge in [0.25, 0.3) is 5.56 Å². The lowest BCUT2D eigenvalue weighted by Crippen LogP contribution is -2.31. The molecule has 0 saturated heterocycles. The fourth-order valence-electron chi connectivity index (χ4n) is 4.11. The van der Waals surface area contributed by atoms with Crippen LogP contribution in [0.25, 0.3) is 10.2 Å². The summed E-state index contributed by atoms with van der Waals surface area (Å²) in [5.74, 6) is 0.372. The van der Waals surface area contributed by atoms with Gasteiger partial charge in [-0.3, -0.25) is 9.59 Å². The number of carbonyl (C=O) groups is 1. The van der Waals surface area contributed by atoms with Crippen LogP contribution in [0.1, 0.15) is 48.8 Å². The van der Waals surface area contributed by atoms with Crippen LogP contribution < -0.4 is 10.9 Å². The van der Waals surface area contributed by atoms with E-state index in [0.717, 1.165) is 54.5 Å². The van der Waals surface area contributed by atoms with E-state index in [-0.39, 0.29) is 18.0 Å². The van der Waals surface area contributed by atoms with Gasteiger partial charge in [-0.05, 0) is 54.7 Å². The lowest BCUT2D eigenvalue weighted by molar-refractivity contribution is -0.117. The number of anilines is 1. The van der Waals surface area contributed by atoms with E-state index in [9.17, 15) is 9.59 Å². The number of hydrogen-bond acceptors (Lipinski definition) is 5. The van der Waals surface area contributed by atoms with Gasteiger partial charge < -0.3 is 5.32 Å². The summed E-state index contributed by atoms with van der Waals surface area (Å²) < 4.78 is 1.20. The molecule has 29 heavy (non-hydrogen) atoms. The summed E-state index contributed by atoms with van der Waals surface area (Å²) in [5.41, 5.74) is 3.94. The third-order valence-electron chi connectivity index (χ3n) is 5.74. The number of aromatic nitrogens is 3. The average molecular weight is 411 g/mol. The summed E-state index contributed by atoms with van der Waals surface area (Å²) in [4.78, 5) is 27.7. The minimum absolute atomic E-state index is 0.135. The largest absolute Gasteiger partial charge is 0.324 e. The van der Waals surface area contributed by atoms with Crippen molar-refractivity contribution >= 4 is 33.1 Å². The Hall–Kier alpha value is -2.54. The maximum absolute atomic E-state index is 13.1. The molecule has 0 bridgehead atoms. The Balaban J connectivity index is 1.63. The Morgan fingerprint density at radius 3 is 2.69 bits per heavy atom. The highest BCUT2D eigenvalue weighted by Crippen LogP contribution is 2.35. The van der Waals surface area contributed by atoms with Gasteiger partial charge in [-0.15, -0.1) is 16.4 Å². The summed E-state index contributed by atoms with van der Waals surface area (Å²) in [5, 5.41) is 11.9. The van der Waals surface area contributed by atoms with Crippen LogP contribution in [-0.2, 0) is 37.0 Å². The van der Waals surface area contributed by atoms with Gasteiger partial charge in [0, 0.05) is 10.6 Å². The second kappa shape index (κ2) is 8.06. The summed E-state index contributed by atoms with van der Waals surface area (Å²) in [6.07, 6.45) is 4.62. The van der Waals surface area contributed by atoms with Crippen LogP contribution in [0.15, 0.2) is 23.0 Å². The van der Waals surface area contributed by atoms with Crippen molar-refractivity contribution in [2.75, 3.05) is 5.32 Å². The van der Waals surface area contributed by atoms with Crippen molar-refractivity contribution in [3.8, 4) is 0 Å². The first-order chi connectivity index (χ1) is 14.0. The first-order valence-electron chi connectivity index (χ1n) is 10.3. The molecule has 0 spiro atoms. The van der Waals surface area contributed by atoms with E-state index in [1.54, 1.807) is 11.3 Å². The van der Waals surface area contributed by atoms with Crippen molar-refractivity contribution in [3.05, 3.63) is 50.1 Å². The van der Waals surface area contributed by atoms with Gasteiger partial charge in [0.15, 0.2) is 4.83 Å². The minimum atomic E-state index is -0.255. The summed E-state index contributed by atoms with van der Waals surface area (Å²) in [7, 11) is 0. The lowest BCUT2D eigenvalue weighted by atomic mass is 9.89. The van der Waals surface area contributed by atoms with Crippen LogP contribution in [0.2, 0.25) is 0 Å². The maximum atomic E-state index is 13.1. The predicted molar refractivity (Wildman–Crippen MR) is 117 cm³/mol. The van der Waals surface area contributed by atoms with Crippen LogP contribution in [0.5, 0.6) is 0 Å². The van der Waals surface area contributed by atoms with Crippen LogP contribution in [0.4, 0.5) is 5.69 Å². The van der Waals surface area contributed by atoms with E-state index in [0.29, 0.717) is 16.1 Å². The van der Waals surface area contributed by atoms with Crippen molar-refractivity contribution < 1.29 is 4.79 Å². The highest BCUT2D eigenvalue weighted by Gasteiger charge is 2.24. The molecule has 3 aromatic rings. The molecule has 6 nitrogen and oxygen atoms in total. The van der Waals surface area contributed by atoms with E-state index in [1.165, 1.54) is 9.56 Å². The van der Waals surface area contributed by atoms with Crippen molar-refractivity contribution in [1.82, 2.24) is 15.0 Å². The molecule has 0 unspecified atom stereocenters. The first kappa shape index (κ1) is 19.8. The molecule has 2 aromatic heterocycles. The smallest absolute Gasteiger partial charge is 0.279 e. The molecular formula is C22H26N4O2S. The molecule has 4 rings (SSSR count). The molecule has 0 fully saturated rings. The Morgan fingerprint density at radius 1 is 1.28 bits per heavy atom. The van der Waals surface area contributed by atoms with Gasteiger partial charge >= 0.3 is 0 Å². The summed E-state index contributed by atoms with van der Waals surface area (Å²) >= 11 is 1.57. The molecule has 152 valence electrons. The van der Waals surface area contributed by atoms with E-state index >= 15 is 0 Å². The quantitative estimate of drug-likeness (QED) is 0.695. The third kappa shape index (κ3) is 3.71. The number of para-hydroxylation sites is 1. The SMILES string of the molecule is CCc1cccc(CC)c1NC(=O)Cn1nnc2sc3c(c2c1=O)CC[C@H](C)C3. The molecule has 1 atom stereocenters. The topological polar surface area (TPSA) is 76.9 Å². The summed E-state index contributed by atoms with van der Waals surface area (Å²) in [6.45, 7) is 6.23. The highest BCUT2D eigenvalue weighted by molar-refractivity contribution is 7.18. The van der Waals surface area contributed by atoms with Crippen LogP contribution in [0.3, 0.4) is 0 Å². The zero-order chi connectivity index (χ0) is 20.5. The summed E-state index contributed by atoms with van der Waals surface area (Å²) in [6, 6.07) is 6.05. The molecule has 1 N–H and O–H groups in total. The second-order valence-corrected chi connectivity index (χ2v) is 8.87. The van der Waals surface area contributed by atoms with Crippen molar-refractivity contribution in [2.24, 2.45) is 5.92 Å². The van der Waals surface area contributed by atoms with Crippen LogP contribution in [-0.4, -0.2) is 20.9 Å². The van der Waals surface area contributed by atoms with Gasteiger partial charge in [0.05, 0.1) is 5.39 Å². The lowest BCUT2D eigenvalue weighted by Gasteiger charge is -2.17. The van der Waals surface area contributed by atoms with Gasteiger partial charge in [0.1, 0.15) is 6.54 Å². The van der Waals surface area contributed by atoms with Crippen LogP contribution in [0, 0.1) is 5.92 Å². The number of rotatable bonds is 5. The van der Waals surface area contributed by atoms with E-state index in [1.807, 2.05) is 18.2 Å². The maximum Gasteiger partial charge on any atom is 0.279 e. The monoisotopic (exact) mass is 410 g/mol. The molecule has 1 aliphatic carbocycles. The zero-order valence-electron chi connectivity index (χ0n) is 17.1. The molecule has 0 aliphatic heterocycles. The molecule has 1 amide bonds. The minimum Gasteiger partial charge on any atom is -0.324 e.